The normalized spacial score (nSPS) is 11.3. The van der Waals surface area contributed by atoms with Crippen molar-refractivity contribution in [3.05, 3.63) is 28.5 Å². The zero-order chi connectivity index (χ0) is 13.4. The van der Waals surface area contributed by atoms with Crippen LogP contribution >= 0.6 is 15.9 Å². The molecule has 98 valence electrons. The third-order valence-corrected chi connectivity index (χ3v) is 3.47. The first-order valence-corrected chi connectivity index (χ1v) is 7.09. The van der Waals surface area contributed by atoms with E-state index in [1.54, 1.807) is 6.20 Å². The number of hydrogen-bond acceptors (Lipinski definition) is 3. The summed E-state index contributed by atoms with van der Waals surface area (Å²) in [6.07, 6.45) is 2.67. The standard InChI is InChI=1S/C13H14BrN5/c1-3-9-6-11(19(4-2)18-9)13-16-10-5-8(14)7-15-12(10)17-13/h5-7H,3-4H2,1-2H3,(H,15,16,17). The first-order valence-electron chi connectivity index (χ1n) is 6.29. The highest BCUT2D eigenvalue weighted by atomic mass is 79.9. The van der Waals surface area contributed by atoms with Crippen LogP contribution in [-0.2, 0) is 13.0 Å². The van der Waals surface area contributed by atoms with Crippen molar-refractivity contribution in [3.8, 4) is 11.5 Å². The van der Waals surface area contributed by atoms with Crippen LogP contribution in [0.3, 0.4) is 0 Å². The summed E-state index contributed by atoms with van der Waals surface area (Å²) in [6, 6.07) is 4.06. The molecule has 0 spiro atoms. The predicted octanol–water partition coefficient (Wildman–Crippen LogP) is 3.17. The third-order valence-electron chi connectivity index (χ3n) is 3.04. The Morgan fingerprint density at radius 2 is 2.16 bits per heavy atom. The summed E-state index contributed by atoms with van der Waals surface area (Å²) in [6.45, 7) is 5.00. The van der Waals surface area contributed by atoms with Crippen molar-refractivity contribution in [3.63, 3.8) is 0 Å². The summed E-state index contributed by atoms with van der Waals surface area (Å²) in [5.74, 6) is 0.814. The van der Waals surface area contributed by atoms with E-state index < -0.39 is 0 Å². The molecule has 0 saturated carbocycles. The lowest BCUT2D eigenvalue weighted by molar-refractivity contribution is 0.653. The van der Waals surface area contributed by atoms with Crippen LogP contribution in [0.2, 0.25) is 0 Å². The van der Waals surface area contributed by atoms with Crippen LogP contribution in [0, 0.1) is 0 Å². The second-order valence-electron chi connectivity index (χ2n) is 4.30. The summed E-state index contributed by atoms with van der Waals surface area (Å²) in [5.41, 5.74) is 3.73. The van der Waals surface area contributed by atoms with Crippen molar-refractivity contribution >= 4 is 27.1 Å². The Kier molecular flexibility index (Phi) is 3.10. The summed E-state index contributed by atoms with van der Waals surface area (Å²) in [5, 5.41) is 4.54. The molecule has 3 rings (SSSR count). The highest BCUT2D eigenvalue weighted by Gasteiger charge is 2.12. The van der Waals surface area contributed by atoms with Gasteiger partial charge in [0.15, 0.2) is 11.5 Å². The Morgan fingerprint density at radius 1 is 1.32 bits per heavy atom. The van der Waals surface area contributed by atoms with E-state index in [0.717, 1.165) is 45.8 Å². The number of halogens is 1. The van der Waals surface area contributed by atoms with Gasteiger partial charge in [0.1, 0.15) is 5.69 Å². The van der Waals surface area contributed by atoms with Crippen LogP contribution in [0.25, 0.3) is 22.7 Å². The van der Waals surface area contributed by atoms with E-state index in [-0.39, 0.29) is 0 Å². The molecule has 6 heteroatoms. The van der Waals surface area contributed by atoms with Gasteiger partial charge in [0, 0.05) is 17.2 Å². The van der Waals surface area contributed by atoms with Crippen LogP contribution < -0.4 is 0 Å². The maximum Gasteiger partial charge on any atom is 0.178 e. The van der Waals surface area contributed by atoms with Gasteiger partial charge in [0.25, 0.3) is 0 Å². The molecule has 0 amide bonds. The Balaban J connectivity index is 2.15. The molecule has 3 heterocycles. The zero-order valence-corrected chi connectivity index (χ0v) is 12.4. The van der Waals surface area contributed by atoms with Gasteiger partial charge < -0.3 is 4.98 Å². The fourth-order valence-electron chi connectivity index (χ4n) is 2.07. The van der Waals surface area contributed by atoms with Gasteiger partial charge in [-0.3, -0.25) is 4.68 Å². The largest absolute Gasteiger partial charge is 0.335 e. The number of nitrogens with zero attached hydrogens (tertiary/aromatic N) is 4. The van der Waals surface area contributed by atoms with Gasteiger partial charge >= 0.3 is 0 Å². The molecular formula is C13H14BrN5. The molecule has 0 aliphatic rings. The molecule has 0 aliphatic heterocycles. The number of hydrogen-bond donors (Lipinski definition) is 1. The molecule has 0 atom stereocenters. The van der Waals surface area contributed by atoms with E-state index in [4.69, 9.17) is 0 Å². The molecule has 3 aromatic rings. The van der Waals surface area contributed by atoms with Crippen molar-refractivity contribution in [2.24, 2.45) is 0 Å². The second-order valence-corrected chi connectivity index (χ2v) is 5.22. The maximum atomic E-state index is 4.54. The Hall–Kier alpha value is -1.69. The molecule has 19 heavy (non-hydrogen) atoms. The van der Waals surface area contributed by atoms with Gasteiger partial charge in [-0.1, -0.05) is 6.92 Å². The molecule has 0 radical (unpaired) electrons. The van der Waals surface area contributed by atoms with E-state index in [0.29, 0.717) is 0 Å². The molecule has 0 saturated heterocycles. The minimum Gasteiger partial charge on any atom is -0.335 e. The fourth-order valence-corrected chi connectivity index (χ4v) is 2.40. The molecule has 0 unspecified atom stereocenters. The summed E-state index contributed by atoms with van der Waals surface area (Å²) < 4.78 is 2.90. The van der Waals surface area contributed by atoms with Crippen molar-refractivity contribution in [2.45, 2.75) is 26.8 Å². The number of rotatable bonds is 3. The SMILES string of the molecule is CCc1cc(-c2nc3ncc(Br)cc3[nH]2)n(CC)n1. The lowest BCUT2D eigenvalue weighted by Crippen LogP contribution is -2.00. The Bertz CT molecular complexity index is 728. The minimum atomic E-state index is 0.722. The minimum absolute atomic E-state index is 0.722. The van der Waals surface area contributed by atoms with Crippen LogP contribution in [0.15, 0.2) is 22.8 Å². The molecule has 1 N–H and O–H groups in total. The molecule has 0 bridgehead atoms. The molecule has 5 nitrogen and oxygen atoms in total. The zero-order valence-electron chi connectivity index (χ0n) is 10.8. The van der Waals surface area contributed by atoms with E-state index in [9.17, 15) is 0 Å². The van der Waals surface area contributed by atoms with Gasteiger partial charge in [-0.25, -0.2) is 9.97 Å². The number of pyridine rings is 1. The predicted molar refractivity (Wildman–Crippen MR) is 77.9 cm³/mol. The topological polar surface area (TPSA) is 59.4 Å². The Labute approximate surface area is 119 Å². The van der Waals surface area contributed by atoms with Crippen molar-refractivity contribution in [1.29, 1.82) is 0 Å². The number of aryl methyl sites for hydroxylation is 2. The van der Waals surface area contributed by atoms with Crippen LogP contribution in [0.1, 0.15) is 19.5 Å². The molecule has 0 aromatic carbocycles. The van der Waals surface area contributed by atoms with Crippen LogP contribution in [0.4, 0.5) is 0 Å². The lowest BCUT2D eigenvalue weighted by atomic mass is 10.3. The van der Waals surface area contributed by atoms with Gasteiger partial charge in [-0.15, -0.1) is 0 Å². The van der Waals surface area contributed by atoms with Gasteiger partial charge in [0.05, 0.1) is 11.2 Å². The van der Waals surface area contributed by atoms with Crippen molar-refractivity contribution in [2.75, 3.05) is 0 Å². The van der Waals surface area contributed by atoms with Crippen molar-refractivity contribution < 1.29 is 0 Å². The number of nitrogens with one attached hydrogen (secondary N) is 1. The van der Waals surface area contributed by atoms with Gasteiger partial charge in [-0.05, 0) is 41.4 Å². The van der Waals surface area contributed by atoms with Gasteiger partial charge in [-0.2, -0.15) is 5.10 Å². The smallest absolute Gasteiger partial charge is 0.178 e. The van der Waals surface area contributed by atoms with Crippen LogP contribution in [0.5, 0.6) is 0 Å². The van der Waals surface area contributed by atoms with Gasteiger partial charge in [0.2, 0.25) is 0 Å². The highest BCUT2D eigenvalue weighted by Crippen LogP contribution is 2.22. The van der Waals surface area contributed by atoms with Crippen molar-refractivity contribution in [1.82, 2.24) is 24.7 Å². The summed E-state index contributed by atoms with van der Waals surface area (Å²) in [7, 11) is 0. The monoisotopic (exact) mass is 319 g/mol. The first kappa shape index (κ1) is 12.3. The number of H-pyrrole nitrogens is 1. The first-order chi connectivity index (χ1) is 9.21. The number of aromatic amines is 1. The van der Waals surface area contributed by atoms with E-state index in [1.807, 2.05) is 10.7 Å². The second kappa shape index (κ2) is 4.77. The van der Waals surface area contributed by atoms with E-state index in [1.165, 1.54) is 0 Å². The highest BCUT2D eigenvalue weighted by molar-refractivity contribution is 9.10. The molecular weight excluding hydrogens is 306 g/mol. The number of aromatic nitrogens is 5. The summed E-state index contributed by atoms with van der Waals surface area (Å²) in [4.78, 5) is 12.1. The van der Waals surface area contributed by atoms with E-state index >= 15 is 0 Å². The molecule has 0 aliphatic carbocycles. The fraction of sp³-hybridized carbons (Fsp3) is 0.308. The maximum absolute atomic E-state index is 4.54. The Morgan fingerprint density at radius 3 is 2.89 bits per heavy atom. The number of fused-ring (bicyclic) bond motifs is 1. The molecule has 0 fully saturated rings. The number of imidazole rings is 1. The lowest BCUT2D eigenvalue weighted by Gasteiger charge is -1.99. The van der Waals surface area contributed by atoms with Crippen LogP contribution in [-0.4, -0.2) is 24.7 Å². The average Bonchev–Trinajstić information content (AvgIpc) is 3.00. The summed E-state index contributed by atoms with van der Waals surface area (Å²) >= 11 is 3.41. The molecule has 3 aromatic heterocycles. The third kappa shape index (κ3) is 2.16. The quantitative estimate of drug-likeness (QED) is 0.806. The average molecular weight is 320 g/mol. The van der Waals surface area contributed by atoms with E-state index in [2.05, 4.69) is 55.9 Å².